The summed E-state index contributed by atoms with van der Waals surface area (Å²) in [6.45, 7) is 0. The SMILES string of the molecule is NC(=O)C=C1c2cc(F)ccc2CC1O[N+](=O)[O-]. The predicted octanol–water partition coefficient (Wildman–Crippen LogP) is 0.827. The molecule has 0 radical (unpaired) electrons. The highest BCUT2D eigenvalue weighted by Gasteiger charge is 2.30. The minimum Gasteiger partial charge on any atom is -0.366 e. The molecule has 1 aromatic rings. The second kappa shape index (κ2) is 4.44. The van der Waals surface area contributed by atoms with E-state index in [9.17, 15) is 19.3 Å². The van der Waals surface area contributed by atoms with Crippen LogP contribution in [-0.2, 0) is 16.1 Å². The Morgan fingerprint density at radius 1 is 1.61 bits per heavy atom. The molecule has 0 saturated heterocycles. The number of carbonyl (C=O) groups excluding carboxylic acids is 1. The van der Waals surface area contributed by atoms with Gasteiger partial charge in [-0.15, -0.1) is 10.1 Å². The van der Waals surface area contributed by atoms with E-state index in [2.05, 4.69) is 4.84 Å². The number of nitrogens with zero attached hydrogens (tertiary/aromatic N) is 1. The van der Waals surface area contributed by atoms with Crippen molar-refractivity contribution in [1.29, 1.82) is 0 Å². The van der Waals surface area contributed by atoms with Crippen molar-refractivity contribution in [3.63, 3.8) is 0 Å². The third-order valence-electron chi connectivity index (χ3n) is 2.65. The van der Waals surface area contributed by atoms with Gasteiger partial charge in [0.05, 0.1) is 0 Å². The van der Waals surface area contributed by atoms with Gasteiger partial charge in [0.25, 0.3) is 5.09 Å². The Kier molecular flexibility index (Phi) is 2.97. The maximum atomic E-state index is 13.1. The normalized spacial score (nSPS) is 19.6. The van der Waals surface area contributed by atoms with Gasteiger partial charge in [-0.05, 0) is 28.8 Å². The zero-order chi connectivity index (χ0) is 13.3. The third-order valence-corrected chi connectivity index (χ3v) is 2.65. The summed E-state index contributed by atoms with van der Waals surface area (Å²) in [5.74, 6) is -1.26. The highest BCUT2D eigenvalue weighted by atomic mass is 19.1. The number of rotatable bonds is 3. The quantitative estimate of drug-likeness (QED) is 0.489. The summed E-state index contributed by atoms with van der Waals surface area (Å²) in [4.78, 5) is 25.7. The summed E-state index contributed by atoms with van der Waals surface area (Å²) in [5, 5.41) is 9.43. The molecule has 1 unspecified atom stereocenters. The van der Waals surface area contributed by atoms with Crippen LogP contribution in [0.15, 0.2) is 24.3 Å². The highest BCUT2D eigenvalue weighted by molar-refractivity contribution is 5.96. The zero-order valence-corrected chi connectivity index (χ0v) is 9.13. The van der Waals surface area contributed by atoms with E-state index in [1.165, 1.54) is 18.2 Å². The van der Waals surface area contributed by atoms with Crippen molar-refractivity contribution in [3.05, 3.63) is 51.3 Å². The fraction of sp³-hybridized carbons (Fsp3) is 0.182. The van der Waals surface area contributed by atoms with Crippen LogP contribution >= 0.6 is 0 Å². The third kappa shape index (κ3) is 2.29. The van der Waals surface area contributed by atoms with Gasteiger partial charge in [0, 0.05) is 12.5 Å². The Morgan fingerprint density at radius 2 is 2.33 bits per heavy atom. The maximum absolute atomic E-state index is 13.1. The molecule has 6 nitrogen and oxygen atoms in total. The standard InChI is InChI=1S/C11H9FN2O4/c12-7-2-1-6-3-10(18-14(16)17)9(5-11(13)15)8(6)4-7/h1-2,4-5,10H,3H2,(H2,13,15). The lowest BCUT2D eigenvalue weighted by atomic mass is 10.1. The molecule has 0 bridgehead atoms. The van der Waals surface area contributed by atoms with Crippen molar-refractivity contribution in [2.75, 3.05) is 0 Å². The van der Waals surface area contributed by atoms with E-state index in [4.69, 9.17) is 5.73 Å². The van der Waals surface area contributed by atoms with Crippen LogP contribution in [0.5, 0.6) is 0 Å². The summed E-state index contributed by atoms with van der Waals surface area (Å²) < 4.78 is 13.1. The van der Waals surface area contributed by atoms with Gasteiger partial charge in [-0.25, -0.2) is 4.39 Å². The molecule has 0 aliphatic heterocycles. The predicted molar refractivity (Wildman–Crippen MR) is 59.1 cm³/mol. The Morgan fingerprint density at radius 3 is 2.94 bits per heavy atom. The topological polar surface area (TPSA) is 95.5 Å². The van der Waals surface area contributed by atoms with Gasteiger partial charge in [-0.2, -0.15) is 0 Å². The van der Waals surface area contributed by atoms with E-state index in [1.54, 1.807) is 0 Å². The molecule has 1 aliphatic rings. The van der Waals surface area contributed by atoms with Crippen LogP contribution in [0, 0.1) is 15.9 Å². The smallest absolute Gasteiger partial charge is 0.295 e. The van der Waals surface area contributed by atoms with Crippen molar-refractivity contribution >= 4 is 11.5 Å². The first-order valence-corrected chi connectivity index (χ1v) is 5.08. The highest BCUT2D eigenvalue weighted by Crippen LogP contribution is 2.34. The summed E-state index contributed by atoms with van der Waals surface area (Å²) >= 11 is 0. The minimum atomic E-state index is -0.943. The van der Waals surface area contributed by atoms with E-state index < -0.39 is 22.9 Å². The summed E-state index contributed by atoms with van der Waals surface area (Å²) in [7, 11) is 0. The van der Waals surface area contributed by atoms with Crippen LogP contribution in [0.25, 0.3) is 5.57 Å². The van der Waals surface area contributed by atoms with Crippen molar-refractivity contribution < 1.29 is 19.1 Å². The van der Waals surface area contributed by atoms with Gasteiger partial charge in [0.15, 0.2) is 0 Å². The molecule has 1 atom stereocenters. The molecular weight excluding hydrogens is 243 g/mol. The zero-order valence-electron chi connectivity index (χ0n) is 9.13. The molecule has 2 rings (SSSR count). The fourth-order valence-electron chi connectivity index (χ4n) is 2.00. The summed E-state index contributed by atoms with van der Waals surface area (Å²) in [5.41, 5.74) is 6.35. The average Bonchev–Trinajstić information content (AvgIpc) is 2.55. The van der Waals surface area contributed by atoms with Gasteiger partial charge in [-0.3, -0.25) is 4.79 Å². The van der Waals surface area contributed by atoms with Crippen LogP contribution in [0.3, 0.4) is 0 Å². The van der Waals surface area contributed by atoms with Crippen molar-refractivity contribution in [1.82, 2.24) is 0 Å². The van der Waals surface area contributed by atoms with Crippen LogP contribution < -0.4 is 5.73 Å². The van der Waals surface area contributed by atoms with Gasteiger partial charge in [-0.1, -0.05) is 6.07 Å². The average molecular weight is 252 g/mol. The van der Waals surface area contributed by atoms with E-state index >= 15 is 0 Å². The second-order valence-electron chi connectivity index (χ2n) is 3.83. The first-order valence-electron chi connectivity index (χ1n) is 5.08. The number of amides is 1. The molecular formula is C11H9FN2O4. The van der Waals surface area contributed by atoms with Crippen molar-refractivity contribution in [2.45, 2.75) is 12.5 Å². The summed E-state index contributed by atoms with van der Waals surface area (Å²) in [6, 6.07) is 3.95. The molecule has 0 heterocycles. The van der Waals surface area contributed by atoms with Crippen molar-refractivity contribution in [2.24, 2.45) is 5.73 Å². The lowest BCUT2D eigenvalue weighted by molar-refractivity contribution is -0.764. The number of hydrogen-bond donors (Lipinski definition) is 1. The Labute approximate surface area is 101 Å². The lowest BCUT2D eigenvalue weighted by Crippen LogP contribution is -2.18. The lowest BCUT2D eigenvalue weighted by Gasteiger charge is -2.09. The van der Waals surface area contributed by atoms with Gasteiger partial charge in [0.2, 0.25) is 5.91 Å². The molecule has 1 aliphatic carbocycles. The first kappa shape index (κ1) is 12.0. The van der Waals surface area contributed by atoms with Gasteiger partial charge >= 0.3 is 0 Å². The molecule has 18 heavy (non-hydrogen) atoms. The van der Waals surface area contributed by atoms with E-state index in [1.807, 2.05) is 0 Å². The largest absolute Gasteiger partial charge is 0.366 e. The van der Waals surface area contributed by atoms with Gasteiger partial charge < -0.3 is 10.6 Å². The monoisotopic (exact) mass is 252 g/mol. The Balaban J connectivity index is 2.45. The second-order valence-corrected chi connectivity index (χ2v) is 3.83. The summed E-state index contributed by atoms with van der Waals surface area (Å²) in [6.07, 6.45) is 0.305. The fourth-order valence-corrected chi connectivity index (χ4v) is 2.00. The molecule has 2 N–H and O–H groups in total. The number of primary amides is 1. The maximum Gasteiger partial charge on any atom is 0.295 e. The molecule has 0 saturated carbocycles. The molecule has 0 spiro atoms. The van der Waals surface area contributed by atoms with E-state index in [-0.39, 0.29) is 12.0 Å². The number of halogens is 1. The number of benzene rings is 1. The first-order chi connectivity index (χ1) is 8.47. The number of hydrogen-bond acceptors (Lipinski definition) is 4. The molecule has 94 valence electrons. The van der Waals surface area contributed by atoms with Crippen LogP contribution in [-0.4, -0.2) is 17.1 Å². The number of nitrogens with two attached hydrogens (primary N) is 1. The van der Waals surface area contributed by atoms with Crippen molar-refractivity contribution in [3.8, 4) is 0 Å². The number of fused-ring (bicyclic) bond motifs is 1. The van der Waals surface area contributed by atoms with E-state index in [0.29, 0.717) is 11.1 Å². The Hall–Kier alpha value is -2.44. The van der Waals surface area contributed by atoms with Crippen LogP contribution in [0.1, 0.15) is 11.1 Å². The van der Waals surface area contributed by atoms with E-state index in [0.717, 1.165) is 6.08 Å². The minimum absolute atomic E-state index is 0.204. The molecule has 0 fully saturated rings. The van der Waals surface area contributed by atoms with Gasteiger partial charge in [0.1, 0.15) is 11.9 Å². The van der Waals surface area contributed by atoms with Crippen LogP contribution in [0.2, 0.25) is 0 Å². The number of carbonyl (C=O) groups is 1. The molecule has 1 aromatic carbocycles. The molecule has 0 aromatic heterocycles. The molecule has 1 amide bonds. The molecule has 7 heteroatoms. The Bertz CT molecular complexity index is 556. The van der Waals surface area contributed by atoms with Crippen LogP contribution in [0.4, 0.5) is 4.39 Å².